The molecule has 2 amide bonds. The molecule has 2 aromatic heterocycles. The van der Waals surface area contributed by atoms with Gasteiger partial charge in [0.2, 0.25) is 11.8 Å². The van der Waals surface area contributed by atoms with E-state index in [1.54, 1.807) is 35.1 Å². The van der Waals surface area contributed by atoms with Crippen molar-refractivity contribution in [2.24, 2.45) is 5.92 Å². The molecule has 0 unspecified atom stereocenters. The Balaban J connectivity index is 1.40. The Kier molecular flexibility index (Phi) is 4.88. The molecule has 3 aromatic rings. The molecule has 1 saturated heterocycles. The molecule has 0 spiro atoms. The zero-order chi connectivity index (χ0) is 19.5. The molecule has 28 heavy (non-hydrogen) atoms. The molecule has 3 heterocycles. The minimum atomic E-state index is -0.127. The predicted molar refractivity (Wildman–Crippen MR) is 105 cm³/mol. The smallest absolute Gasteiger partial charge is 0.229 e. The highest BCUT2D eigenvalue weighted by molar-refractivity contribution is 5.94. The molecule has 0 aliphatic carbocycles. The van der Waals surface area contributed by atoms with E-state index in [1.807, 2.05) is 12.1 Å². The second-order valence-electron chi connectivity index (χ2n) is 6.86. The van der Waals surface area contributed by atoms with Crippen molar-refractivity contribution in [2.45, 2.75) is 19.8 Å². The van der Waals surface area contributed by atoms with Crippen molar-refractivity contribution in [1.29, 1.82) is 0 Å². The largest absolute Gasteiger partial charge is 0.354 e. The van der Waals surface area contributed by atoms with Gasteiger partial charge < -0.3 is 15.5 Å². The van der Waals surface area contributed by atoms with Crippen LogP contribution in [0.25, 0.3) is 5.65 Å². The van der Waals surface area contributed by atoms with Crippen LogP contribution in [0.2, 0.25) is 0 Å². The van der Waals surface area contributed by atoms with Gasteiger partial charge in [0, 0.05) is 31.4 Å². The number of hydrogen-bond donors (Lipinski definition) is 2. The third-order valence-electron chi connectivity index (χ3n) is 4.74. The average Bonchev–Trinajstić information content (AvgIpc) is 3.17. The number of piperidine rings is 1. The van der Waals surface area contributed by atoms with Gasteiger partial charge in [0.1, 0.15) is 12.1 Å². The van der Waals surface area contributed by atoms with E-state index in [1.165, 1.54) is 6.92 Å². The fourth-order valence-electron chi connectivity index (χ4n) is 3.37. The van der Waals surface area contributed by atoms with Crippen molar-refractivity contribution in [3.8, 4) is 0 Å². The van der Waals surface area contributed by atoms with E-state index in [-0.39, 0.29) is 17.7 Å². The fraction of sp³-hybridized carbons (Fsp3) is 0.316. The number of carbonyl (C=O) groups excluding carboxylic acids is 2. The topological polar surface area (TPSA) is 105 Å². The summed E-state index contributed by atoms with van der Waals surface area (Å²) in [4.78, 5) is 25.9. The lowest BCUT2D eigenvalue weighted by atomic mass is 9.97. The molecule has 9 heteroatoms. The maximum absolute atomic E-state index is 12.7. The summed E-state index contributed by atoms with van der Waals surface area (Å²) in [5.74, 6) is 0.548. The molecule has 1 fully saturated rings. The Morgan fingerprint density at radius 3 is 2.57 bits per heavy atom. The average molecular weight is 379 g/mol. The van der Waals surface area contributed by atoms with Crippen molar-refractivity contribution >= 4 is 34.7 Å². The van der Waals surface area contributed by atoms with Crippen LogP contribution < -0.4 is 15.5 Å². The summed E-state index contributed by atoms with van der Waals surface area (Å²) in [7, 11) is 0. The van der Waals surface area contributed by atoms with Crippen molar-refractivity contribution in [3.63, 3.8) is 0 Å². The van der Waals surface area contributed by atoms with Gasteiger partial charge in [0.25, 0.3) is 0 Å². The molecule has 1 aliphatic rings. The van der Waals surface area contributed by atoms with Gasteiger partial charge in [-0.1, -0.05) is 0 Å². The lowest BCUT2D eigenvalue weighted by Gasteiger charge is -2.32. The number of nitrogens with zero attached hydrogens (tertiary/aromatic N) is 5. The third-order valence-corrected chi connectivity index (χ3v) is 4.74. The number of rotatable bonds is 4. The zero-order valence-electron chi connectivity index (χ0n) is 15.5. The summed E-state index contributed by atoms with van der Waals surface area (Å²) in [5, 5.41) is 18.0. The minimum Gasteiger partial charge on any atom is -0.354 e. The van der Waals surface area contributed by atoms with Crippen LogP contribution >= 0.6 is 0 Å². The van der Waals surface area contributed by atoms with Crippen molar-refractivity contribution in [1.82, 2.24) is 19.8 Å². The summed E-state index contributed by atoms with van der Waals surface area (Å²) < 4.78 is 1.63. The molecule has 2 N–H and O–H groups in total. The van der Waals surface area contributed by atoms with Gasteiger partial charge in [-0.15, -0.1) is 15.3 Å². The van der Waals surface area contributed by atoms with Gasteiger partial charge in [0.15, 0.2) is 5.65 Å². The Labute approximate surface area is 161 Å². The third kappa shape index (κ3) is 3.93. The Morgan fingerprint density at radius 2 is 1.82 bits per heavy atom. The molecule has 0 radical (unpaired) electrons. The van der Waals surface area contributed by atoms with Crippen molar-refractivity contribution in [2.75, 3.05) is 28.6 Å². The quantitative estimate of drug-likeness (QED) is 0.718. The van der Waals surface area contributed by atoms with Gasteiger partial charge in [-0.25, -0.2) is 0 Å². The summed E-state index contributed by atoms with van der Waals surface area (Å²) in [6.45, 7) is 2.92. The first-order valence-corrected chi connectivity index (χ1v) is 9.19. The Morgan fingerprint density at radius 1 is 1.07 bits per heavy atom. The number of nitrogens with one attached hydrogen (secondary N) is 2. The van der Waals surface area contributed by atoms with Gasteiger partial charge >= 0.3 is 0 Å². The summed E-state index contributed by atoms with van der Waals surface area (Å²) >= 11 is 0. The van der Waals surface area contributed by atoms with Crippen LogP contribution in [0.5, 0.6) is 0 Å². The molecular weight excluding hydrogens is 358 g/mol. The molecule has 1 aromatic carbocycles. The number of benzene rings is 1. The summed E-state index contributed by atoms with van der Waals surface area (Å²) in [6, 6.07) is 10.9. The first-order chi connectivity index (χ1) is 13.6. The molecule has 9 nitrogen and oxygen atoms in total. The van der Waals surface area contributed by atoms with Crippen molar-refractivity contribution in [3.05, 3.63) is 42.7 Å². The zero-order valence-corrected chi connectivity index (χ0v) is 15.5. The summed E-state index contributed by atoms with van der Waals surface area (Å²) in [5.41, 5.74) is 2.10. The highest BCUT2D eigenvalue weighted by atomic mass is 16.2. The van der Waals surface area contributed by atoms with Crippen LogP contribution in [0.1, 0.15) is 19.8 Å². The molecule has 1 atom stereocenters. The Bertz CT molecular complexity index is 999. The highest BCUT2D eigenvalue weighted by Gasteiger charge is 2.27. The van der Waals surface area contributed by atoms with E-state index in [4.69, 9.17) is 0 Å². The number of aromatic nitrogens is 4. The predicted octanol–water partition coefficient (Wildman–Crippen LogP) is 1.94. The van der Waals surface area contributed by atoms with Crippen LogP contribution in [0, 0.1) is 5.92 Å². The SMILES string of the molecule is CC(=O)Nc1ccc(NC(=O)[C@H]2CCCN(c3ccc4nncn4n3)C2)cc1. The fourth-order valence-corrected chi connectivity index (χ4v) is 3.37. The number of hydrogen-bond acceptors (Lipinski definition) is 6. The van der Waals surface area contributed by atoms with Gasteiger partial charge in [0.05, 0.1) is 5.92 Å². The maximum atomic E-state index is 12.7. The van der Waals surface area contributed by atoms with E-state index < -0.39 is 0 Å². The minimum absolute atomic E-state index is 0.0117. The van der Waals surface area contributed by atoms with Crippen molar-refractivity contribution < 1.29 is 9.59 Å². The van der Waals surface area contributed by atoms with Crippen LogP contribution in [0.3, 0.4) is 0 Å². The molecule has 144 valence electrons. The molecule has 1 aliphatic heterocycles. The van der Waals surface area contributed by atoms with Crippen LogP contribution in [0.4, 0.5) is 17.2 Å². The highest BCUT2D eigenvalue weighted by Crippen LogP contribution is 2.23. The summed E-state index contributed by atoms with van der Waals surface area (Å²) in [6.07, 6.45) is 3.32. The van der Waals surface area contributed by atoms with Gasteiger partial charge in [-0.2, -0.15) is 4.52 Å². The van der Waals surface area contributed by atoms with E-state index >= 15 is 0 Å². The van der Waals surface area contributed by atoms with Gasteiger partial charge in [-0.3, -0.25) is 9.59 Å². The van der Waals surface area contributed by atoms with Crippen LogP contribution in [0.15, 0.2) is 42.7 Å². The maximum Gasteiger partial charge on any atom is 0.229 e. The molecule has 0 saturated carbocycles. The van der Waals surface area contributed by atoms with E-state index in [0.29, 0.717) is 23.6 Å². The first-order valence-electron chi connectivity index (χ1n) is 9.19. The van der Waals surface area contributed by atoms with Gasteiger partial charge in [-0.05, 0) is 49.2 Å². The Hall–Kier alpha value is -3.49. The van der Waals surface area contributed by atoms with Crippen LogP contribution in [-0.4, -0.2) is 44.7 Å². The lowest BCUT2D eigenvalue weighted by molar-refractivity contribution is -0.120. The van der Waals surface area contributed by atoms with E-state index in [2.05, 4.69) is 30.8 Å². The molecule has 4 rings (SSSR count). The lowest BCUT2D eigenvalue weighted by Crippen LogP contribution is -2.41. The second kappa shape index (κ2) is 7.63. The monoisotopic (exact) mass is 379 g/mol. The molecular formula is C19H21N7O2. The van der Waals surface area contributed by atoms with E-state index in [9.17, 15) is 9.59 Å². The normalized spacial score (nSPS) is 16.8. The standard InChI is InChI=1S/C19H21N7O2/c1-13(27)21-15-4-6-16(7-5-15)22-19(28)14-3-2-10-25(11-14)18-9-8-17-23-20-12-26(17)24-18/h4-9,12,14H,2-3,10-11H2,1H3,(H,21,27)(H,22,28)/t14-/m0/s1. The number of anilines is 3. The van der Waals surface area contributed by atoms with Crippen LogP contribution in [-0.2, 0) is 9.59 Å². The number of carbonyl (C=O) groups is 2. The molecule has 0 bridgehead atoms. The number of fused-ring (bicyclic) bond motifs is 1. The van der Waals surface area contributed by atoms with E-state index in [0.717, 1.165) is 25.2 Å². The first kappa shape index (κ1) is 17.9. The number of amides is 2. The second-order valence-corrected chi connectivity index (χ2v) is 6.86.